The highest BCUT2D eigenvalue weighted by Gasteiger charge is 2.11. The van der Waals surface area contributed by atoms with Gasteiger partial charge in [0, 0.05) is 43.3 Å². The minimum absolute atomic E-state index is 0.273. The summed E-state index contributed by atoms with van der Waals surface area (Å²) in [5, 5.41) is 3.26. The van der Waals surface area contributed by atoms with Gasteiger partial charge in [0.15, 0.2) is 5.82 Å². The molecule has 2 heterocycles. The zero-order chi connectivity index (χ0) is 20.8. The molecule has 2 aromatic carbocycles. The quantitative estimate of drug-likeness (QED) is 0.469. The molecule has 4 rings (SSSR count). The Kier molecular flexibility index (Phi) is 5.94. The van der Waals surface area contributed by atoms with Crippen LogP contribution in [0.2, 0.25) is 0 Å². The van der Waals surface area contributed by atoms with Gasteiger partial charge in [-0.25, -0.2) is 14.4 Å². The van der Waals surface area contributed by atoms with Gasteiger partial charge in [-0.15, -0.1) is 0 Å². The lowest BCUT2D eigenvalue weighted by Crippen LogP contribution is -2.22. The molecule has 6 heteroatoms. The number of nitrogens with zero attached hydrogens (tertiary/aromatic N) is 4. The fraction of sp³-hybridized carbons (Fsp3) is 0.125. The molecule has 0 saturated carbocycles. The maximum absolute atomic E-state index is 13.2. The lowest BCUT2D eigenvalue weighted by Gasteiger charge is -2.20. The van der Waals surface area contributed by atoms with E-state index in [0.29, 0.717) is 11.6 Å². The molecular formula is C24H22FN5. The first kappa shape index (κ1) is 19.5. The van der Waals surface area contributed by atoms with Crippen LogP contribution in [0.4, 0.5) is 21.7 Å². The summed E-state index contributed by atoms with van der Waals surface area (Å²) in [7, 11) is 2.01. The van der Waals surface area contributed by atoms with Crippen LogP contribution < -0.4 is 10.2 Å². The second kappa shape index (κ2) is 9.13. The largest absolute Gasteiger partial charge is 0.359 e. The van der Waals surface area contributed by atoms with Crippen molar-refractivity contribution < 1.29 is 4.39 Å². The van der Waals surface area contributed by atoms with Crippen LogP contribution in [0, 0.1) is 5.82 Å². The molecule has 30 heavy (non-hydrogen) atoms. The highest BCUT2D eigenvalue weighted by atomic mass is 19.1. The molecule has 0 aliphatic heterocycles. The van der Waals surface area contributed by atoms with E-state index in [1.54, 1.807) is 24.5 Å². The van der Waals surface area contributed by atoms with Crippen molar-refractivity contribution in [1.82, 2.24) is 15.0 Å². The number of pyridine rings is 1. The molecule has 0 radical (unpaired) electrons. The minimum Gasteiger partial charge on any atom is -0.359 e. The summed E-state index contributed by atoms with van der Waals surface area (Å²) in [6.45, 7) is 0.797. The van der Waals surface area contributed by atoms with E-state index in [2.05, 4.69) is 20.2 Å². The Morgan fingerprint density at radius 2 is 1.63 bits per heavy atom. The van der Waals surface area contributed by atoms with Crippen molar-refractivity contribution in [1.29, 1.82) is 0 Å². The van der Waals surface area contributed by atoms with E-state index in [1.807, 2.05) is 55.6 Å². The van der Waals surface area contributed by atoms with E-state index in [4.69, 9.17) is 4.98 Å². The van der Waals surface area contributed by atoms with Crippen LogP contribution in [0.25, 0.3) is 11.4 Å². The first-order chi connectivity index (χ1) is 14.7. The van der Waals surface area contributed by atoms with Gasteiger partial charge in [0.1, 0.15) is 17.5 Å². The maximum atomic E-state index is 13.2. The number of nitrogens with one attached hydrogen (secondary N) is 1. The van der Waals surface area contributed by atoms with Crippen LogP contribution in [0.1, 0.15) is 5.56 Å². The van der Waals surface area contributed by atoms with Crippen LogP contribution in [0.5, 0.6) is 0 Å². The summed E-state index contributed by atoms with van der Waals surface area (Å²) in [6.07, 6.45) is 4.49. The van der Waals surface area contributed by atoms with E-state index < -0.39 is 0 Å². The molecule has 0 bridgehead atoms. The third-order valence-electron chi connectivity index (χ3n) is 4.74. The number of halogens is 1. The normalized spacial score (nSPS) is 10.6. The Balaban J connectivity index is 1.61. The van der Waals surface area contributed by atoms with Crippen LogP contribution in [-0.4, -0.2) is 28.5 Å². The molecule has 0 spiro atoms. The second-order valence-corrected chi connectivity index (χ2v) is 6.96. The molecule has 0 aliphatic carbocycles. The van der Waals surface area contributed by atoms with Gasteiger partial charge in [0.25, 0.3) is 0 Å². The van der Waals surface area contributed by atoms with Crippen LogP contribution in [0.3, 0.4) is 0 Å². The van der Waals surface area contributed by atoms with Crippen molar-refractivity contribution >= 4 is 17.3 Å². The number of benzene rings is 2. The van der Waals surface area contributed by atoms with Crippen LogP contribution in [-0.2, 0) is 6.42 Å². The van der Waals surface area contributed by atoms with Crippen LogP contribution in [0.15, 0.2) is 85.2 Å². The lowest BCUT2D eigenvalue weighted by atomic mass is 10.2. The Hall–Kier alpha value is -3.80. The summed E-state index contributed by atoms with van der Waals surface area (Å²) >= 11 is 0. The average Bonchev–Trinajstić information content (AvgIpc) is 2.80. The molecule has 0 fully saturated rings. The molecule has 4 aromatic rings. The number of hydrogen-bond acceptors (Lipinski definition) is 5. The minimum atomic E-state index is -0.273. The third kappa shape index (κ3) is 4.97. The molecular weight excluding hydrogens is 377 g/mol. The third-order valence-corrected chi connectivity index (χ3v) is 4.74. The number of likely N-dealkylation sites (N-methyl/N-ethyl adjacent to an activating group) is 1. The number of hydrogen-bond donors (Lipinski definition) is 1. The van der Waals surface area contributed by atoms with Gasteiger partial charge in [-0.2, -0.15) is 0 Å². The topological polar surface area (TPSA) is 53.9 Å². The van der Waals surface area contributed by atoms with Crippen molar-refractivity contribution in [2.24, 2.45) is 0 Å². The summed E-state index contributed by atoms with van der Waals surface area (Å²) in [5.74, 6) is 1.82. The first-order valence-electron chi connectivity index (χ1n) is 9.74. The van der Waals surface area contributed by atoms with Crippen molar-refractivity contribution in [3.8, 4) is 11.4 Å². The van der Waals surface area contributed by atoms with E-state index >= 15 is 0 Å². The fourth-order valence-electron chi connectivity index (χ4n) is 3.05. The zero-order valence-electron chi connectivity index (χ0n) is 16.7. The summed E-state index contributed by atoms with van der Waals surface area (Å²) in [4.78, 5) is 15.6. The smallest absolute Gasteiger partial charge is 0.163 e. The van der Waals surface area contributed by atoms with Gasteiger partial charge >= 0.3 is 0 Å². The SMILES string of the molecule is CN(CCc1ccncc1)c1cc(Nc2ccc(F)cc2)nc(-c2ccccc2)n1. The van der Waals surface area contributed by atoms with Crippen molar-refractivity contribution in [2.45, 2.75) is 6.42 Å². The van der Waals surface area contributed by atoms with Gasteiger partial charge < -0.3 is 10.2 Å². The molecule has 1 N–H and O–H groups in total. The second-order valence-electron chi connectivity index (χ2n) is 6.96. The van der Waals surface area contributed by atoms with Gasteiger partial charge in [0.05, 0.1) is 0 Å². The fourth-order valence-corrected chi connectivity index (χ4v) is 3.05. The van der Waals surface area contributed by atoms with E-state index in [0.717, 1.165) is 30.0 Å². The van der Waals surface area contributed by atoms with Crippen molar-refractivity contribution in [3.05, 3.63) is 96.6 Å². The molecule has 0 unspecified atom stereocenters. The van der Waals surface area contributed by atoms with Gasteiger partial charge in [-0.05, 0) is 48.4 Å². The van der Waals surface area contributed by atoms with Crippen molar-refractivity contribution in [3.63, 3.8) is 0 Å². The standard InChI is InChI=1S/C24H22FN5/c1-30(16-13-18-11-14-26-15-12-18)23-17-22(27-21-9-7-20(25)8-10-21)28-24(29-23)19-5-3-2-4-6-19/h2-12,14-15,17H,13,16H2,1H3,(H,27,28,29). The Morgan fingerprint density at radius 3 is 2.37 bits per heavy atom. The lowest BCUT2D eigenvalue weighted by molar-refractivity contribution is 0.628. The zero-order valence-corrected chi connectivity index (χ0v) is 16.7. The van der Waals surface area contributed by atoms with Gasteiger partial charge in [-0.1, -0.05) is 30.3 Å². The first-order valence-corrected chi connectivity index (χ1v) is 9.74. The Bertz CT molecular complexity index is 1090. The number of aromatic nitrogens is 3. The predicted molar refractivity (Wildman–Crippen MR) is 118 cm³/mol. The molecule has 0 saturated heterocycles. The molecule has 150 valence electrons. The van der Waals surface area contributed by atoms with Crippen LogP contribution >= 0.6 is 0 Å². The molecule has 5 nitrogen and oxygen atoms in total. The summed E-state index contributed by atoms with van der Waals surface area (Å²) < 4.78 is 13.2. The van der Waals surface area contributed by atoms with E-state index in [9.17, 15) is 4.39 Å². The highest BCUT2D eigenvalue weighted by Crippen LogP contribution is 2.24. The molecule has 0 atom stereocenters. The summed E-state index contributed by atoms with van der Waals surface area (Å²) in [5.41, 5.74) is 2.92. The molecule has 0 amide bonds. The van der Waals surface area contributed by atoms with E-state index in [-0.39, 0.29) is 5.82 Å². The Labute approximate surface area is 175 Å². The van der Waals surface area contributed by atoms with Gasteiger partial charge in [0.2, 0.25) is 0 Å². The molecule has 0 aliphatic rings. The summed E-state index contributed by atoms with van der Waals surface area (Å²) in [6, 6.07) is 22.0. The maximum Gasteiger partial charge on any atom is 0.163 e. The predicted octanol–water partition coefficient (Wildman–Crippen LogP) is 5.10. The monoisotopic (exact) mass is 399 g/mol. The van der Waals surface area contributed by atoms with E-state index in [1.165, 1.54) is 17.7 Å². The number of anilines is 3. The number of rotatable bonds is 7. The highest BCUT2D eigenvalue weighted by molar-refractivity contribution is 5.65. The van der Waals surface area contributed by atoms with Gasteiger partial charge in [-0.3, -0.25) is 4.98 Å². The average molecular weight is 399 g/mol. The Morgan fingerprint density at radius 1 is 0.900 bits per heavy atom. The molecule has 2 aromatic heterocycles. The van der Waals surface area contributed by atoms with Crippen molar-refractivity contribution in [2.75, 3.05) is 23.8 Å².